The van der Waals surface area contributed by atoms with E-state index in [2.05, 4.69) is 10.4 Å². The Labute approximate surface area is 142 Å². The van der Waals surface area contributed by atoms with Gasteiger partial charge in [0.2, 0.25) is 5.91 Å². The number of esters is 1. The largest absolute Gasteiger partial charge is 0.460 e. The second kappa shape index (κ2) is 7.43. The molecule has 0 saturated carbocycles. The molecule has 0 bridgehead atoms. The predicted molar refractivity (Wildman–Crippen MR) is 90.5 cm³/mol. The van der Waals surface area contributed by atoms with Crippen LogP contribution in [0.3, 0.4) is 0 Å². The molecule has 0 aromatic carbocycles. The molecule has 1 aromatic rings. The number of aryl methyl sites for hydroxylation is 1. The number of aromatic nitrogens is 1. The molecule has 1 amide bonds. The fraction of sp³-hybridized carbons (Fsp3) is 0.706. The minimum atomic E-state index is -0.496. The lowest BCUT2D eigenvalue weighted by Crippen LogP contribution is -2.38. The van der Waals surface area contributed by atoms with Crippen molar-refractivity contribution in [3.8, 4) is 0 Å². The van der Waals surface area contributed by atoms with Gasteiger partial charge in [0, 0.05) is 36.5 Å². The zero-order valence-electron chi connectivity index (χ0n) is 14.4. The normalized spacial score (nSPS) is 16.4. The summed E-state index contributed by atoms with van der Waals surface area (Å²) in [7, 11) is 0. The zero-order valence-corrected chi connectivity index (χ0v) is 15.2. The van der Waals surface area contributed by atoms with E-state index in [4.69, 9.17) is 4.74 Å². The third-order valence-electron chi connectivity index (χ3n) is 3.80. The van der Waals surface area contributed by atoms with Crippen molar-refractivity contribution in [1.82, 2.24) is 9.88 Å². The molecule has 0 atom stereocenters. The first-order valence-corrected chi connectivity index (χ1v) is 9.04. The van der Waals surface area contributed by atoms with E-state index in [0.717, 1.165) is 31.6 Å². The maximum absolute atomic E-state index is 12.2. The standard InChI is InChI=1S/C17H26N2O3S/c1-12-11-23-16(18-12)13-7-9-19(10-8-13)14(20)5-6-15(21)22-17(2,3)4/h11,13H,5-10H2,1-4H3. The van der Waals surface area contributed by atoms with Gasteiger partial charge in [-0.3, -0.25) is 9.59 Å². The number of rotatable bonds is 4. The first kappa shape index (κ1) is 17.9. The number of amides is 1. The second-order valence-corrected chi connectivity index (χ2v) is 7.96. The highest BCUT2D eigenvalue weighted by Gasteiger charge is 2.26. The van der Waals surface area contributed by atoms with Crippen molar-refractivity contribution in [3.05, 3.63) is 16.1 Å². The summed E-state index contributed by atoms with van der Waals surface area (Å²) < 4.78 is 5.24. The average molecular weight is 338 g/mol. The van der Waals surface area contributed by atoms with Crippen molar-refractivity contribution in [2.24, 2.45) is 0 Å². The molecule has 6 heteroatoms. The highest BCUT2D eigenvalue weighted by atomic mass is 32.1. The van der Waals surface area contributed by atoms with E-state index in [9.17, 15) is 9.59 Å². The summed E-state index contributed by atoms with van der Waals surface area (Å²) in [5.74, 6) is 0.201. The Balaban J connectivity index is 1.74. The maximum Gasteiger partial charge on any atom is 0.306 e. The van der Waals surface area contributed by atoms with Crippen molar-refractivity contribution in [1.29, 1.82) is 0 Å². The molecule has 1 aromatic heterocycles. The Hall–Kier alpha value is -1.43. The van der Waals surface area contributed by atoms with E-state index >= 15 is 0 Å². The molecule has 1 fully saturated rings. The van der Waals surface area contributed by atoms with Crippen LogP contribution in [0.2, 0.25) is 0 Å². The van der Waals surface area contributed by atoms with Crippen molar-refractivity contribution in [3.63, 3.8) is 0 Å². The highest BCUT2D eigenvalue weighted by molar-refractivity contribution is 7.09. The molecule has 23 heavy (non-hydrogen) atoms. The molecule has 1 aliphatic heterocycles. The molecule has 0 spiro atoms. The Bertz CT molecular complexity index is 554. The van der Waals surface area contributed by atoms with E-state index in [1.54, 1.807) is 11.3 Å². The van der Waals surface area contributed by atoms with Gasteiger partial charge in [-0.05, 0) is 40.5 Å². The number of hydrogen-bond acceptors (Lipinski definition) is 5. The molecular formula is C17H26N2O3S. The van der Waals surface area contributed by atoms with E-state index < -0.39 is 5.60 Å². The number of carbonyl (C=O) groups excluding carboxylic acids is 2. The van der Waals surface area contributed by atoms with Gasteiger partial charge in [0.15, 0.2) is 0 Å². The summed E-state index contributed by atoms with van der Waals surface area (Å²) in [6.07, 6.45) is 2.29. The van der Waals surface area contributed by atoms with Crippen molar-refractivity contribution in [2.75, 3.05) is 13.1 Å². The van der Waals surface area contributed by atoms with Crippen molar-refractivity contribution in [2.45, 2.75) is 64.9 Å². The minimum absolute atomic E-state index is 0.0460. The summed E-state index contributed by atoms with van der Waals surface area (Å²) >= 11 is 1.71. The Morgan fingerprint density at radius 3 is 2.48 bits per heavy atom. The Morgan fingerprint density at radius 1 is 1.30 bits per heavy atom. The lowest BCUT2D eigenvalue weighted by Gasteiger charge is -2.31. The van der Waals surface area contributed by atoms with E-state index in [1.807, 2.05) is 32.6 Å². The Morgan fingerprint density at radius 2 is 1.96 bits per heavy atom. The van der Waals surface area contributed by atoms with Crippen LogP contribution in [0.5, 0.6) is 0 Å². The number of piperidine rings is 1. The molecule has 0 radical (unpaired) electrons. The second-order valence-electron chi connectivity index (χ2n) is 7.07. The first-order valence-electron chi connectivity index (χ1n) is 8.16. The number of ether oxygens (including phenoxy) is 1. The molecule has 2 heterocycles. The third-order valence-corrected chi connectivity index (χ3v) is 4.92. The molecule has 5 nitrogen and oxygen atoms in total. The molecule has 1 aliphatic rings. The van der Waals surface area contributed by atoms with Gasteiger partial charge in [0.25, 0.3) is 0 Å². The molecule has 128 valence electrons. The number of hydrogen-bond donors (Lipinski definition) is 0. The molecule has 1 saturated heterocycles. The molecule has 2 rings (SSSR count). The van der Waals surface area contributed by atoms with Gasteiger partial charge in [-0.2, -0.15) is 0 Å². The Kier molecular flexibility index (Phi) is 5.79. The topological polar surface area (TPSA) is 59.5 Å². The number of likely N-dealkylation sites (tertiary alicyclic amines) is 1. The first-order chi connectivity index (χ1) is 10.7. The summed E-state index contributed by atoms with van der Waals surface area (Å²) in [6, 6.07) is 0. The quantitative estimate of drug-likeness (QED) is 0.791. The van der Waals surface area contributed by atoms with Crippen LogP contribution in [0, 0.1) is 6.92 Å². The van der Waals surface area contributed by atoms with Crippen LogP contribution in [-0.2, 0) is 14.3 Å². The molecule has 0 N–H and O–H groups in total. The third kappa shape index (κ3) is 5.61. The van der Waals surface area contributed by atoms with E-state index in [-0.39, 0.29) is 24.7 Å². The SMILES string of the molecule is Cc1csc(C2CCN(C(=O)CCC(=O)OC(C)(C)C)CC2)n1. The number of nitrogens with zero attached hydrogens (tertiary/aromatic N) is 2. The van der Waals surface area contributed by atoms with Crippen molar-refractivity contribution >= 4 is 23.2 Å². The highest BCUT2D eigenvalue weighted by Crippen LogP contribution is 2.30. The summed E-state index contributed by atoms with van der Waals surface area (Å²) in [4.78, 5) is 30.3. The number of thiazole rings is 1. The fourth-order valence-electron chi connectivity index (χ4n) is 2.70. The van der Waals surface area contributed by atoms with Gasteiger partial charge in [0.1, 0.15) is 5.60 Å². The molecule has 0 unspecified atom stereocenters. The van der Waals surface area contributed by atoms with E-state index in [0.29, 0.717) is 5.92 Å². The number of carbonyl (C=O) groups is 2. The van der Waals surface area contributed by atoms with Crippen LogP contribution in [0.1, 0.15) is 63.1 Å². The summed E-state index contributed by atoms with van der Waals surface area (Å²) in [6.45, 7) is 9.00. The predicted octanol–water partition coefficient (Wildman–Crippen LogP) is 3.28. The zero-order chi connectivity index (χ0) is 17.0. The fourth-order valence-corrected chi connectivity index (χ4v) is 3.66. The van der Waals surface area contributed by atoms with Crippen LogP contribution in [-0.4, -0.2) is 40.5 Å². The summed E-state index contributed by atoms with van der Waals surface area (Å²) in [5, 5.41) is 3.26. The minimum Gasteiger partial charge on any atom is -0.460 e. The van der Waals surface area contributed by atoms with Crippen LogP contribution in [0.15, 0.2) is 5.38 Å². The van der Waals surface area contributed by atoms with Crippen molar-refractivity contribution < 1.29 is 14.3 Å². The summed E-state index contributed by atoms with van der Waals surface area (Å²) in [5.41, 5.74) is 0.575. The monoisotopic (exact) mass is 338 g/mol. The van der Waals surface area contributed by atoms with Gasteiger partial charge in [0.05, 0.1) is 11.4 Å². The molecule has 0 aliphatic carbocycles. The van der Waals surface area contributed by atoms with E-state index in [1.165, 1.54) is 5.01 Å². The average Bonchev–Trinajstić information content (AvgIpc) is 2.90. The molecular weight excluding hydrogens is 312 g/mol. The van der Waals surface area contributed by atoms with Gasteiger partial charge in [-0.25, -0.2) is 4.98 Å². The maximum atomic E-state index is 12.2. The van der Waals surface area contributed by atoms with Crippen LogP contribution >= 0.6 is 11.3 Å². The van der Waals surface area contributed by atoms with Crippen LogP contribution < -0.4 is 0 Å². The lowest BCUT2D eigenvalue weighted by molar-refractivity contribution is -0.156. The van der Waals surface area contributed by atoms with Crippen LogP contribution in [0.25, 0.3) is 0 Å². The van der Waals surface area contributed by atoms with Gasteiger partial charge < -0.3 is 9.64 Å². The van der Waals surface area contributed by atoms with Crippen LogP contribution in [0.4, 0.5) is 0 Å². The van der Waals surface area contributed by atoms with Gasteiger partial charge in [-0.1, -0.05) is 0 Å². The lowest BCUT2D eigenvalue weighted by atomic mass is 9.97. The van der Waals surface area contributed by atoms with Gasteiger partial charge >= 0.3 is 5.97 Å². The van der Waals surface area contributed by atoms with Gasteiger partial charge in [-0.15, -0.1) is 11.3 Å². The smallest absolute Gasteiger partial charge is 0.306 e.